The fourth-order valence-corrected chi connectivity index (χ4v) is 2.54. The van der Waals surface area contributed by atoms with E-state index < -0.39 is 0 Å². The van der Waals surface area contributed by atoms with Gasteiger partial charge in [-0.15, -0.1) is 0 Å². The number of likely N-dealkylation sites (tertiary alicyclic amines) is 1. The first-order chi connectivity index (χ1) is 9.70. The predicted octanol–water partition coefficient (Wildman–Crippen LogP) is 3.54. The number of amides is 1. The Hall–Kier alpha value is -1.32. The van der Waals surface area contributed by atoms with Gasteiger partial charge in [0.05, 0.1) is 12.7 Å². The Bertz CT molecular complexity index is 487. The molecule has 4 heteroatoms. The van der Waals surface area contributed by atoms with Crippen LogP contribution in [0, 0.1) is 0 Å². The minimum atomic E-state index is 0.0341. The van der Waals surface area contributed by atoms with E-state index in [9.17, 15) is 4.79 Å². The highest BCUT2D eigenvalue weighted by Crippen LogP contribution is 2.18. The van der Waals surface area contributed by atoms with Gasteiger partial charge in [-0.1, -0.05) is 29.8 Å². The van der Waals surface area contributed by atoms with Gasteiger partial charge in [-0.25, -0.2) is 0 Å². The summed E-state index contributed by atoms with van der Waals surface area (Å²) in [6.45, 7) is 4.03. The highest BCUT2D eigenvalue weighted by Gasteiger charge is 2.24. The molecule has 1 heterocycles. The maximum Gasteiger partial charge on any atom is 0.253 e. The quantitative estimate of drug-likeness (QED) is 0.795. The first kappa shape index (κ1) is 15.1. The Morgan fingerprint density at radius 3 is 3.15 bits per heavy atom. The molecule has 1 amide bonds. The molecule has 0 saturated carbocycles. The predicted molar refractivity (Wildman–Crippen MR) is 81.1 cm³/mol. The van der Waals surface area contributed by atoms with Crippen LogP contribution in [0.25, 0.3) is 0 Å². The maximum atomic E-state index is 12.4. The van der Waals surface area contributed by atoms with E-state index in [-0.39, 0.29) is 12.0 Å². The van der Waals surface area contributed by atoms with Crippen molar-refractivity contribution in [1.29, 1.82) is 0 Å². The van der Waals surface area contributed by atoms with E-state index in [1.54, 1.807) is 24.3 Å². The minimum absolute atomic E-state index is 0.0341. The topological polar surface area (TPSA) is 29.5 Å². The second-order valence-electron chi connectivity index (χ2n) is 4.93. The first-order valence-corrected chi connectivity index (χ1v) is 7.36. The molecule has 1 fully saturated rings. The van der Waals surface area contributed by atoms with E-state index in [0.717, 1.165) is 19.4 Å². The molecular weight excluding hydrogens is 274 g/mol. The van der Waals surface area contributed by atoms with Crippen molar-refractivity contribution in [3.05, 3.63) is 47.0 Å². The number of piperidine rings is 1. The molecule has 0 aromatic heterocycles. The van der Waals surface area contributed by atoms with Crippen LogP contribution in [-0.2, 0) is 4.74 Å². The van der Waals surface area contributed by atoms with Crippen LogP contribution in [0.5, 0.6) is 0 Å². The molecule has 0 N–H and O–H groups in total. The van der Waals surface area contributed by atoms with E-state index in [2.05, 4.69) is 0 Å². The number of allylic oxidation sites excluding steroid dienone is 1. The molecule has 20 heavy (non-hydrogen) atoms. The number of carbonyl (C=O) groups is 1. The lowest BCUT2D eigenvalue weighted by molar-refractivity contribution is 0.0133. The summed E-state index contributed by atoms with van der Waals surface area (Å²) in [6, 6.07) is 7.10. The summed E-state index contributed by atoms with van der Waals surface area (Å²) in [6.07, 6.45) is 6.07. The number of halogens is 1. The third kappa shape index (κ3) is 4.09. The first-order valence-electron chi connectivity index (χ1n) is 6.98. The molecule has 1 aromatic carbocycles. The highest BCUT2D eigenvalue weighted by molar-refractivity contribution is 6.30. The molecule has 1 aromatic rings. The molecule has 0 radical (unpaired) electrons. The van der Waals surface area contributed by atoms with Gasteiger partial charge in [-0.05, 0) is 38.0 Å². The molecule has 1 atom stereocenters. The Kier molecular flexibility index (Phi) is 5.62. The summed E-state index contributed by atoms with van der Waals surface area (Å²) in [5.74, 6) is 0.0341. The third-order valence-electron chi connectivity index (χ3n) is 3.40. The number of hydrogen-bond donors (Lipinski definition) is 0. The summed E-state index contributed by atoms with van der Waals surface area (Å²) in [5.41, 5.74) is 0.645. The van der Waals surface area contributed by atoms with Gasteiger partial charge in [0.2, 0.25) is 0 Å². The number of benzene rings is 1. The normalized spacial score (nSPS) is 19.5. The second kappa shape index (κ2) is 7.46. The number of carbonyl (C=O) groups excluding carboxylic acids is 1. The monoisotopic (exact) mass is 293 g/mol. The van der Waals surface area contributed by atoms with Crippen molar-refractivity contribution in [3.8, 4) is 0 Å². The van der Waals surface area contributed by atoms with Crippen molar-refractivity contribution in [2.45, 2.75) is 25.9 Å². The molecule has 0 spiro atoms. The summed E-state index contributed by atoms with van der Waals surface area (Å²) in [4.78, 5) is 14.3. The Balaban J connectivity index is 1.96. The van der Waals surface area contributed by atoms with Gasteiger partial charge in [-0.3, -0.25) is 4.79 Å². The van der Waals surface area contributed by atoms with Gasteiger partial charge >= 0.3 is 0 Å². The average molecular weight is 294 g/mol. The van der Waals surface area contributed by atoms with Crippen molar-refractivity contribution in [1.82, 2.24) is 4.90 Å². The van der Waals surface area contributed by atoms with Crippen LogP contribution in [0.4, 0.5) is 0 Å². The summed E-state index contributed by atoms with van der Waals surface area (Å²) in [7, 11) is 0. The molecule has 1 saturated heterocycles. The number of ether oxygens (including phenoxy) is 1. The largest absolute Gasteiger partial charge is 0.372 e. The smallest absolute Gasteiger partial charge is 0.253 e. The number of nitrogens with zero attached hydrogens (tertiary/aromatic N) is 1. The van der Waals surface area contributed by atoms with Gasteiger partial charge in [0.15, 0.2) is 0 Å². The summed E-state index contributed by atoms with van der Waals surface area (Å²) >= 11 is 5.94. The summed E-state index contributed by atoms with van der Waals surface area (Å²) < 4.78 is 5.76. The molecule has 1 aliphatic rings. The van der Waals surface area contributed by atoms with Crippen LogP contribution >= 0.6 is 11.6 Å². The Morgan fingerprint density at radius 2 is 2.40 bits per heavy atom. The van der Waals surface area contributed by atoms with E-state index in [4.69, 9.17) is 16.3 Å². The van der Waals surface area contributed by atoms with E-state index in [0.29, 0.717) is 23.7 Å². The molecule has 1 aliphatic heterocycles. The van der Waals surface area contributed by atoms with Crippen molar-refractivity contribution in [2.24, 2.45) is 0 Å². The number of rotatable bonds is 4. The van der Waals surface area contributed by atoms with Crippen LogP contribution < -0.4 is 0 Å². The zero-order valence-electron chi connectivity index (χ0n) is 11.7. The molecule has 3 nitrogen and oxygen atoms in total. The van der Waals surface area contributed by atoms with Crippen molar-refractivity contribution < 1.29 is 9.53 Å². The summed E-state index contributed by atoms with van der Waals surface area (Å²) in [5, 5.41) is 0.591. The lowest BCUT2D eigenvalue weighted by Crippen LogP contribution is -2.43. The third-order valence-corrected chi connectivity index (χ3v) is 3.64. The molecular formula is C16H20ClNO2. The zero-order chi connectivity index (χ0) is 14.4. The lowest BCUT2D eigenvalue weighted by atomic mass is 10.1. The van der Waals surface area contributed by atoms with Crippen LogP contribution in [0.15, 0.2) is 36.4 Å². The van der Waals surface area contributed by atoms with Crippen LogP contribution in [0.2, 0.25) is 5.02 Å². The standard InChI is InChI=1S/C16H20ClNO2/c1-2-3-10-20-15-8-5-9-18(12-15)16(19)13-6-4-7-14(17)11-13/h2-4,6-7,11,15H,5,8-10,12H2,1H3/b3-2-. The maximum absolute atomic E-state index is 12.4. The van der Waals surface area contributed by atoms with Gasteiger partial charge in [-0.2, -0.15) is 0 Å². The van der Waals surface area contributed by atoms with Gasteiger partial charge in [0.25, 0.3) is 5.91 Å². The Morgan fingerprint density at radius 1 is 1.55 bits per heavy atom. The second-order valence-corrected chi connectivity index (χ2v) is 5.36. The van der Waals surface area contributed by atoms with Crippen molar-refractivity contribution in [3.63, 3.8) is 0 Å². The molecule has 1 unspecified atom stereocenters. The zero-order valence-corrected chi connectivity index (χ0v) is 12.5. The Labute approximate surface area is 125 Å². The molecule has 2 rings (SSSR count). The minimum Gasteiger partial charge on any atom is -0.372 e. The highest BCUT2D eigenvalue weighted by atomic mass is 35.5. The average Bonchev–Trinajstić information content (AvgIpc) is 2.47. The molecule has 108 valence electrons. The van der Waals surface area contributed by atoms with Crippen molar-refractivity contribution >= 4 is 17.5 Å². The van der Waals surface area contributed by atoms with E-state index >= 15 is 0 Å². The van der Waals surface area contributed by atoms with E-state index in [1.165, 1.54) is 0 Å². The van der Waals surface area contributed by atoms with Crippen LogP contribution in [0.3, 0.4) is 0 Å². The SMILES string of the molecule is C/C=C\COC1CCCN(C(=O)c2cccc(Cl)c2)C1. The van der Waals surface area contributed by atoms with Crippen LogP contribution in [0.1, 0.15) is 30.1 Å². The molecule has 0 bridgehead atoms. The van der Waals surface area contributed by atoms with Gasteiger partial charge in [0, 0.05) is 23.7 Å². The van der Waals surface area contributed by atoms with Crippen LogP contribution in [-0.4, -0.2) is 36.6 Å². The van der Waals surface area contributed by atoms with Gasteiger partial charge < -0.3 is 9.64 Å². The number of hydrogen-bond acceptors (Lipinski definition) is 2. The fourth-order valence-electron chi connectivity index (χ4n) is 2.35. The molecule has 0 aliphatic carbocycles. The van der Waals surface area contributed by atoms with Gasteiger partial charge in [0.1, 0.15) is 0 Å². The fraction of sp³-hybridized carbons (Fsp3) is 0.438. The van der Waals surface area contributed by atoms with E-state index in [1.807, 2.05) is 24.0 Å². The lowest BCUT2D eigenvalue weighted by Gasteiger charge is -2.32. The van der Waals surface area contributed by atoms with Crippen molar-refractivity contribution in [2.75, 3.05) is 19.7 Å².